The van der Waals surface area contributed by atoms with Gasteiger partial charge in [-0.1, -0.05) is 42.1 Å². The molecule has 4 aromatic rings. The quantitative estimate of drug-likeness (QED) is 0.386. The number of hydrogen-bond donors (Lipinski definition) is 1. The molecule has 1 amide bonds. The van der Waals surface area contributed by atoms with Crippen LogP contribution in [0.25, 0.3) is 11.4 Å². The van der Waals surface area contributed by atoms with Gasteiger partial charge in [0.25, 0.3) is 0 Å². The van der Waals surface area contributed by atoms with Gasteiger partial charge in [-0.3, -0.25) is 9.78 Å². The predicted molar refractivity (Wildman–Crippen MR) is 126 cm³/mol. The molecular weight excluding hydrogens is 422 g/mol. The highest BCUT2D eigenvalue weighted by Gasteiger charge is 2.16. The lowest BCUT2D eigenvalue weighted by Crippen LogP contribution is -2.15. The predicted octanol–water partition coefficient (Wildman–Crippen LogP) is 4.32. The van der Waals surface area contributed by atoms with Gasteiger partial charge in [0.2, 0.25) is 5.91 Å². The summed E-state index contributed by atoms with van der Waals surface area (Å²) < 4.78 is 7.20. The zero-order valence-electron chi connectivity index (χ0n) is 17.6. The molecule has 2 heterocycles. The fourth-order valence-corrected chi connectivity index (χ4v) is 3.96. The lowest BCUT2D eigenvalue weighted by atomic mass is 10.1. The van der Waals surface area contributed by atoms with Crippen LogP contribution in [0.3, 0.4) is 0 Å². The second kappa shape index (κ2) is 10.6. The van der Waals surface area contributed by atoms with Crippen LogP contribution in [0.15, 0.2) is 84.3 Å². The SMILES string of the molecule is COc1ccc(NC(=O)CSc2nnc(-c3cccnc3)n2CCc2ccccc2)cc1. The normalized spacial score (nSPS) is 10.7. The van der Waals surface area contributed by atoms with Crippen molar-refractivity contribution in [2.75, 3.05) is 18.2 Å². The first-order chi connectivity index (χ1) is 15.7. The van der Waals surface area contributed by atoms with E-state index >= 15 is 0 Å². The van der Waals surface area contributed by atoms with E-state index in [1.165, 1.54) is 17.3 Å². The minimum Gasteiger partial charge on any atom is -0.497 e. The Balaban J connectivity index is 1.47. The van der Waals surface area contributed by atoms with E-state index in [1.807, 2.05) is 54.6 Å². The summed E-state index contributed by atoms with van der Waals surface area (Å²) in [5.74, 6) is 1.60. The number of nitrogens with zero attached hydrogens (tertiary/aromatic N) is 4. The van der Waals surface area contributed by atoms with Gasteiger partial charge in [0, 0.05) is 30.2 Å². The van der Waals surface area contributed by atoms with Gasteiger partial charge >= 0.3 is 0 Å². The van der Waals surface area contributed by atoms with Crippen LogP contribution in [-0.2, 0) is 17.8 Å². The number of carbonyl (C=O) groups excluding carboxylic acids is 1. The highest BCUT2D eigenvalue weighted by Crippen LogP contribution is 2.24. The summed E-state index contributed by atoms with van der Waals surface area (Å²) in [6.07, 6.45) is 4.33. The van der Waals surface area contributed by atoms with Gasteiger partial charge < -0.3 is 14.6 Å². The number of aromatic nitrogens is 4. The van der Waals surface area contributed by atoms with Crippen LogP contribution >= 0.6 is 11.8 Å². The molecule has 0 fully saturated rings. The van der Waals surface area contributed by atoms with Crippen LogP contribution in [-0.4, -0.2) is 38.5 Å². The Morgan fingerprint density at radius 2 is 1.84 bits per heavy atom. The number of rotatable bonds is 9. The largest absolute Gasteiger partial charge is 0.497 e. The van der Waals surface area contributed by atoms with Crippen molar-refractivity contribution in [2.45, 2.75) is 18.1 Å². The monoisotopic (exact) mass is 445 g/mol. The maximum absolute atomic E-state index is 12.5. The summed E-state index contributed by atoms with van der Waals surface area (Å²) in [5, 5.41) is 12.3. The molecule has 0 radical (unpaired) electrons. The number of benzene rings is 2. The molecule has 32 heavy (non-hydrogen) atoms. The minimum absolute atomic E-state index is 0.110. The summed E-state index contributed by atoms with van der Waals surface area (Å²) in [7, 11) is 1.61. The molecule has 0 aliphatic heterocycles. The van der Waals surface area contributed by atoms with Crippen LogP contribution in [0, 0.1) is 0 Å². The molecule has 1 N–H and O–H groups in total. The van der Waals surface area contributed by atoms with Crippen LogP contribution in [0.1, 0.15) is 5.56 Å². The van der Waals surface area contributed by atoms with Crippen molar-refractivity contribution in [1.82, 2.24) is 19.7 Å². The molecule has 0 saturated carbocycles. The third-order valence-corrected chi connectivity index (χ3v) is 5.78. The molecule has 162 valence electrons. The standard InChI is InChI=1S/C24H23N5O2S/c1-31-21-11-9-20(10-12-21)26-22(30)17-32-24-28-27-23(19-8-5-14-25-16-19)29(24)15-13-18-6-3-2-4-7-18/h2-12,14,16H,13,15,17H2,1H3,(H,26,30). The molecule has 2 aromatic heterocycles. The molecule has 0 unspecified atom stereocenters. The number of amides is 1. The van der Waals surface area contributed by atoms with E-state index in [0.717, 1.165) is 29.2 Å². The van der Waals surface area contributed by atoms with E-state index in [-0.39, 0.29) is 11.7 Å². The Hall–Kier alpha value is -3.65. The Morgan fingerprint density at radius 3 is 2.56 bits per heavy atom. The number of methoxy groups -OCH3 is 1. The van der Waals surface area contributed by atoms with Gasteiger partial charge in [0.05, 0.1) is 12.9 Å². The number of hydrogen-bond acceptors (Lipinski definition) is 6. The minimum atomic E-state index is -0.110. The molecule has 4 rings (SSSR count). The second-order valence-electron chi connectivity index (χ2n) is 7.00. The van der Waals surface area contributed by atoms with Crippen LogP contribution < -0.4 is 10.1 Å². The van der Waals surface area contributed by atoms with E-state index in [2.05, 4.69) is 37.2 Å². The fraction of sp³-hybridized carbons (Fsp3) is 0.167. The van der Waals surface area contributed by atoms with Crippen molar-refractivity contribution in [3.63, 3.8) is 0 Å². The average molecular weight is 446 g/mol. The van der Waals surface area contributed by atoms with E-state index in [9.17, 15) is 4.79 Å². The smallest absolute Gasteiger partial charge is 0.234 e. The van der Waals surface area contributed by atoms with Gasteiger partial charge in [0.15, 0.2) is 11.0 Å². The maximum Gasteiger partial charge on any atom is 0.234 e. The van der Waals surface area contributed by atoms with Crippen LogP contribution in [0.4, 0.5) is 5.69 Å². The van der Waals surface area contributed by atoms with Crippen molar-refractivity contribution >= 4 is 23.4 Å². The van der Waals surface area contributed by atoms with E-state index in [0.29, 0.717) is 11.7 Å². The summed E-state index contributed by atoms with van der Waals surface area (Å²) in [5.41, 5.74) is 2.84. The summed E-state index contributed by atoms with van der Waals surface area (Å²) in [4.78, 5) is 16.7. The molecule has 0 saturated heterocycles. The van der Waals surface area contributed by atoms with Gasteiger partial charge in [-0.2, -0.15) is 0 Å². The van der Waals surface area contributed by atoms with Gasteiger partial charge in [-0.05, 0) is 48.4 Å². The van der Waals surface area contributed by atoms with Gasteiger partial charge in [0.1, 0.15) is 5.75 Å². The number of nitrogens with one attached hydrogen (secondary N) is 1. The van der Waals surface area contributed by atoms with E-state index < -0.39 is 0 Å². The Labute approximate surface area is 190 Å². The molecule has 7 nitrogen and oxygen atoms in total. The van der Waals surface area contributed by atoms with Gasteiger partial charge in [-0.15, -0.1) is 10.2 Å². The summed E-state index contributed by atoms with van der Waals surface area (Å²) in [6.45, 7) is 0.698. The average Bonchev–Trinajstić information content (AvgIpc) is 3.26. The van der Waals surface area contributed by atoms with Gasteiger partial charge in [-0.25, -0.2) is 0 Å². The first-order valence-electron chi connectivity index (χ1n) is 10.2. The first kappa shape index (κ1) is 21.6. The highest BCUT2D eigenvalue weighted by atomic mass is 32.2. The van der Waals surface area contributed by atoms with Crippen molar-refractivity contribution in [1.29, 1.82) is 0 Å². The lowest BCUT2D eigenvalue weighted by molar-refractivity contribution is -0.113. The van der Waals surface area contributed by atoms with E-state index in [1.54, 1.807) is 19.5 Å². The Kier molecular flexibility index (Phi) is 7.14. The first-order valence-corrected chi connectivity index (χ1v) is 11.2. The second-order valence-corrected chi connectivity index (χ2v) is 7.94. The third-order valence-electron chi connectivity index (χ3n) is 4.81. The van der Waals surface area contributed by atoms with Crippen LogP contribution in [0.5, 0.6) is 5.75 Å². The molecule has 2 aromatic carbocycles. The summed E-state index contributed by atoms with van der Waals surface area (Å²) >= 11 is 1.36. The molecular formula is C24H23N5O2S. The number of anilines is 1. The third kappa shape index (κ3) is 5.53. The van der Waals surface area contributed by atoms with Crippen molar-refractivity contribution in [2.24, 2.45) is 0 Å². The van der Waals surface area contributed by atoms with Crippen molar-refractivity contribution in [3.8, 4) is 17.1 Å². The zero-order chi connectivity index (χ0) is 22.2. The molecule has 0 aliphatic carbocycles. The topological polar surface area (TPSA) is 81.9 Å². The number of pyridine rings is 1. The molecule has 0 aliphatic rings. The molecule has 0 spiro atoms. The lowest BCUT2D eigenvalue weighted by Gasteiger charge is -2.11. The fourth-order valence-electron chi connectivity index (χ4n) is 3.19. The zero-order valence-corrected chi connectivity index (χ0v) is 18.5. The maximum atomic E-state index is 12.5. The molecule has 8 heteroatoms. The number of aryl methyl sites for hydroxylation is 1. The van der Waals surface area contributed by atoms with Crippen molar-refractivity contribution in [3.05, 3.63) is 84.7 Å². The molecule has 0 atom stereocenters. The van der Waals surface area contributed by atoms with Crippen molar-refractivity contribution < 1.29 is 9.53 Å². The molecule has 0 bridgehead atoms. The summed E-state index contributed by atoms with van der Waals surface area (Å²) in [6, 6.07) is 21.3. The van der Waals surface area contributed by atoms with Crippen LogP contribution in [0.2, 0.25) is 0 Å². The van der Waals surface area contributed by atoms with E-state index in [4.69, 9.17) is 4.74 Å². The number of thioether (sulfide) groups is 1. The highest BCUT2D eigenvalue weighted by molar-refractivity contribution is 7.99. The number of ether oxygens (including phenoxy) is 1. The Morgan fingerprint density at radius 1 is 1.03 bits per heavy atom. The Bertz CT molecular complexity index is 1150. The number of carbonyl (C=O) groups is 1.